The predicted molar refractivity (Wildman–Crippen MR) is 212 cm³/mol. The van der Waals surface area contributed by atoms with Crippen LogP contribution < -0.4 is 21.9 Å². The first-order valence-corrected chi connectivity index (χ1v) is 20.9. The molecule has 0 bridgehead atoms. The molecule has 0 aromatic heterocycles. The Kier molecular flexibility index (Phi) is 14.5. The van der Waals surface area contributed by atoms with Crippen molar-refractivity contribution in [2.45, 2.75) is 5.75 Å². The minimum absolute atomic E-state index is 0.474. The van der Waals surface area contributed by atoms with Gasteiger partial charge in [0, 0.05) is 11.1 Å². The van der Waals surface area contributed by atoms with Crippen LogP contribution in [0.4, 0.5) is 87.8 Å². The quantitative estimate of drug-likeness (QED) is 0.0388. The smallest absolute Gasteiger partial charge is 0.200 e. The summed E-state index contributed by atoms with van der Waals surface area (Å²) in [5.41, 5.74) is -10.0. The van der Waals surface area contributed by atoms with Gasteiger partial charge in [0.2, 0.25) is 0 Å². The van der Waals surface area contributed by atoms with Gasteiger partial charge in [0.1, 0.15) is 64.7 Å². The second-order valence-corrected chi connectivity index (χ2v) is 17.1. The van der Waals surface area contributed by atoms with E-state index in [4.69, 9.17) is 0 Å². The Hall–Kier alpha value is -7.09. The molecule has 7 aromatic rings. The van der Waals surface area contributed by atoms with Crippen molar-refractivity contribution in [3.8, 4) is 22.3 Å². The summed E-state index contributed by atoms with van der Waals surface area (Å²) in [4.78, 5) is 0. The van der Waals surface area contributed by atoms with Crippen molar-refractivity contribution in [3.05, 3.63) is 212 Å². The van der Waals surface area contributed by atoms with Crippen LogP contribution in [0.15, 0.2) is 84.9 Å². The molecule has 1 unspecified atom stereocenters. The Bertz CT molecular complexity index is 2900. The van der Waals surface area contributed by atoms with Gasteiger partial charge in [-0.1, -0.05) is 77.0 Å². The van der Waals surface area contributed by atoms with Crippen LogP contribution in [0, 0.1) is 128 Å². The van der Waals surface area contributed by atoms with Gasteiger partial charge in [0.25, 0.3) is 0 Å². The van der Waals surface area contributed by atoms with Crippen LogP contribution in [-0.2, 0) is 19.9 Å². The molecule has 0 saturated carbocycles. The lowest BCUT2D eigenvalue weighted by Crippen LogP contribution is -2.81. The van der Waals surface area contributed by atoms with Crippen LogP contribution in [0.3, 0.4) is 0 Å². The lowest BCUT2D eigenvalue weighted by molar-refractivity contribution is 0.378. The van der Waals surface area contributed by atoms with Gasteiger partial charge in [-0.05, 0) is 29.2 Å². The predicted octanol–water partition coefficient (Wildman–Crippen LogP) is 10.8. The molecule has 23 heteroatoms. The maximum atomic E-state index is 15.4. The molecular weight excluding hydrogens is 991 g/mol. The van der Waals surface area contributed by atoms with Gasteiger partial charge in [0.15, 0.2) is 85.0 Å². The average molecular weight is 1010 g/mol. The van der Waals surface area contributed by atoms with E-state index in [2.05, 4.69) is 35.4 Å². The zero-order valence-electron chi connectivity index (χ0n) is 33.7. The number of halogens is 20. The molecule has 0 aliphatic heterocycles. The molecular formula is C46H19BF20OS. The molecule has 0 radical (unpaired) electrons. The Morgan fingerprint density at radius 1 is 0.348 bits per heavy atom. The van der Waals surface area contributed by atoms with Crippen LogP contribution in [0.1, 0.15) is 11.1 Å². The fourth-order valence-corrected chi connectivity index (χ4v) is 8.58. The normalized spacial score (nSPS) is 12.2. The molecule has 0 aliphatic rings. The Morgan fingerprint density at radius 2 is 0.594 bits per heavy atom. The van der Waals surface area contributed by atoms with E-state index in [0.717, 1.165) is 16.7 Å². The highest BCUT2D eigenvalue weighted by molar-refractivity contribution is 8.05. The van der Waals surface area contributed by atoms with Gasteiger partial charge in [-0.2, -0.15) is 0 Å². The lowest BCUT2D eigenvalue weighted by Gasteiger charge is -2.44. The van der Waals surface area contributed by atoms with Crippen molar-refractivity contribution < 1.29 is 92.0 Å². The molecule has 7 rings (SSSR count). The summed E-state index contributed by atoms with van der Waals surface area (Å²) in [6.45, 7) is 0. The topological polar surface area (TPSA) is 17.1 Å². The van der Waals surface area contributed by atoms with Crippen LogP contribution in [-0.4, -0.2) is 12.4 Å². The van der Waals surface area contributed by atoms with Gasteiger partial charge in [-0.25, -0.2) is 87.8 Å². The molecule has 7 aromatic carbocycles. The average Bonchev–Trinajstić information content (AvgIpc) is 3.34. The van der Waals surface area contributed by atoms with Crippen molar-refractivity contribution in [1.29, 1.82) is 0 Å². The molecule has 1 nitrogen and oxygen atoms in total. The van der Waals surface area contributed by atoms with Crippen LogP contribution in [0.2, 0.25) is 0 Å². The molecule has 0 aliphatic carbocycles. The fourth-order valence-electron chi connectivity index (χ4n) is 7.34. The lowest BCUT2D eigenvalue weighted by atomic mass is 9.12. The first kappa shape index (κ1) is 51.3. The van der Waals surface area contributed by atoms with E-state index >= 15 is 35.1 Å². The summed E-state index contributed by atoms with van der Waals surface area (Å²) in [6.07, 6.45) is -5.49. The van der Waals surface area contributed by atoms with Crippen molar-refractivity contribution in [3.63, 3.8) is 0 Å². The van der Waals surface area contributed by atoms with E-state index in [1.807, 2.05) is 60.7 Å². The summed E-state index contributed by atoms with van der Waals surface area (Å²) in [5, 5.41) is 2.95. The third-order valence-corrected chi connectivity index (χ3v) is 11.8. The van der Waals surface area contributed by atoms with Gasteiger partial charge in [0.05, 0.1) is 0 Å². The molecule has 358 valence electrons. The van der Waals surface area contributed by atoms with Crippen LogP contribution in [0.25, 0.3) is 11.1 Å². The third-order valence-electron chi connectivity index (χ3n) is 10.4. The van der Waals surface area contributed by atoms with Gasteiger partial charge in [-0.3, -0.25) is 0 Å². The Morgan fingerprint density at radius 3 is 0.884 bits per heavy atom. The van der Waals surface area contributed by atoms with Crippen molar-refractivity contribution >= 4 is 37.9 Å². The largest absolute Gasteiger partial charge is 0.207 e. The first-order chi connectivity index (χ1) is 32.3. The van der Waals surface area contributed by atoms with Crippen molar-refractivity contribution in [2.75, 3.05) is 6.26 Å². The third kappa shape index (κ3) is 8.93. The van der Waals surface area contributed by atoms with Gasteiger partial charge < -0.3 is 0 Å². The number of hydrogen-bond acceptors (Lipinski definition) is 1. The van der Waals surface area contributed by atoms with Crippen LogP contribution >= 0.6 is 0 Å². The molecule has 0 fully saturated rings. The number of rotatable bonds is 7. The zero-order chi connectivity index (χ0) is 51.2. The SMILES string of the molecule is C[S+](=O)(C#Cc1ccccc1)Cc1ccc(-c2ccccc2)cc1.Fc1c(F)c(F)c([B-](c2c(F)c(F)c(F)c(F)c2F)(c2c(F)c(F)c(F)c(F)c2F)c2c(F)c(F)c(F)c(F)c2F)c(F)c1F. The zero-order valence-corrected chi connectivity index (χ0v) is 34.6. The molecule has 0 N–H and O–H groups in total. The minimum Gasteiger partial charge on any atom is -0.207 e. The molecule has 0 heterocycles. The van der Waals surface area contributed by atoms with Crippen molar-refractivity contribution in [2.24, 2.45) is 0 Å². The molecule has 1 atom stereocenters. The second-order valence-electron chi connectivity index (χ2n) is 14.6. The minimum atomic E-state index is -7.22. The summed E-state index contributed by atoms with van der Waals surface area (Å²) in [6, 6.07) is 28.1. The Labute approximate surface area is 376 Å². The van der Waals surface area contributed by atoms with Gasteiger partial charge in [-0.15, -0.1) is 21.9 Å². The van der Waals surface area contributed by atoms with E-state index in [1.165, 1.54) is 5.56 Å². The molecule has 69 heavy (non-hydrogen) atoms. The van der Waals surface area contributed by atoms with Crippen molar-refractivity contribution in [1.82, 2.24) is 0 Å². The highest BCUT2D eigenvalue weighted by Gasteiger charge is 2.52. The monoisotopic (exact) mass is 1010 g/mol. The number of benzene rings is 7. The Balaban J connectivity index is 0.000000273. The number of hydrogen-bond donors (Lipinski definition) is 0. The molecule has 0 saturated heterocycles. The summed E-state index contributed by atoms with van der Waals surface area (Å²) < 4.78 is 307. The maximum absolute atomic E-state index is 15.4. The highest BCUT2D eigenvalue weighted by atomic mass is 32.2. The standard InChI is InChI=1S/C24BF20.C22H19OS/c26-5-1(6(27)14(35)21(42)13(5)34)25(2-7(28)15(36)22(43)16(37)8(2)29,3-9(30)17(38)23(44)18(39)10(3)31)4-11(32)19(40)24(45)20(41)12(4)33;1-24(23,17-16-19-8-4-2-5-9-19)18-20-12-14-22(15-13-20)21-10-6-3-7-11-21/h;2-15H,18H2,1H3/q-1;+1. The van der Waals surface area contributed by atoms with E-state index in [0.29, 0.717) is 5.75 Å². The molecule has 0 spiro atoms. The first-order valence-electron chi connectivity index (χ1n) is 18.7. The highest BCUT2D eigenvalue weighted by Crippen LogP contribution is 2.31. The van der Waals surface area contributed by atoms with Gasteiger partial charge >= 0.3 is 0 Å². The molecule has 0 amide bonds. The second kappa shape index (κ2) is 19.5. The summed E-state index contributed by atoms with van der Waals surface area (Å²) in [7, 11) is -2.22. The van der Waals surface area contributed by atoms with Crippen LogP contribution in [0.5, 0.6) is 0 Å². The van der Waals surface area contributed by atoms with E-state index in [9.17, 15) is 56.9 Å². The summed E-state index contributed by atoms with van der Waals surface area (Å²) >= 11 is 0. The van der Waals surface area contributed by atoms with E-state index in [1.54, 1.807) is 6.26 Å². The maximum Gasteiger partial charge on any atom is 0.200 e. The fraction of sp³-hybridized carbons (Fsp3) is 0.0435. The van der Waals surface area contributed by atoms with E-state index < -0.39 is 154 Å². The van der Waals surface area contributed by atoms with E-state index in [-0.39, 0.29) is 0 Å². The summed E-state index contributed by atoms with van der Waals surface area (Å²) in [5.74, 6) is -67.9.